The van der Waals surface area contributed by atoms with Crippen molar-refractivity contribution in [3.05, 3.63) is 78.8 Å². The molecule has 2 heterocycles. The molecular weight excluding hydrogens is 332 g/mol. The Balaban J connectivity index is 1.49. The van der Waals surface area contributed by atoms with Crippen molar-refractivity contribution in [2.24, 2.45) is 0 Å². The maximum atomic E-state index is 12.5. The van der Waals surface area contributed by atoms with Crippen molar-refractivity contribution in [1.82, 2.24) is 4.98 Å². The molecule has 0 saturated carbocycles. The van der Waals surface area contributed by atoms with Gasteiger partial charge >= 0.3 is 0 Å². The molecule has 0 spiro atoms. The highest BCUT2D eigenvalue weighted by Gasteiger charge is 2.14. The van der Waals surface area contributed by atoms with Gasteiger partial charge in [-0.3, -0.25) is 9.78 Å². The molecule has 0 atom stereocenters. The summed E-state index contributed by atoms with van der Waals surface area (Å²) in [5, 5.41) is 12.9. The number of furan rings is 1. The van der Waals surface area contributed by atoms with Gasteiger partial charge in [-0.15, -0.1) is 0 Å². The smallest absolute Gasteiger partial charge is 0.259 e. The second kappa shape index (κ2) is 6.60. The molecule has 0 bridgehead atoms. The van der Waals surface area contributed by atoms with Gasteiger partial charge in [-0.1, -0.05) is 0 Å². The second-order valence-corrected chi connectivity index (χ2v) is 5.59. The summed E-state index contributed by atoms with van der Waals surface area (Å²) in [6.45, 7) is 0. The van der Waals surface area contributed by atoms with E-state index in [1.807, 2.05) is 0 Å². The van der Waals surface area contributed by atoms with Crippen LogP contribution in [0, 0.1) is 0 Å². The van der Waals surface area contributed by atoms with Gasteiger partial charge in [0.1, 0.15) is 29.1 Å². The molecule has 6 heteroatoms. The molecule has 0 aliphatic rings. The predicted molar refractivity (Wildman–Crippen MR) is 96.6 cm³/mol. The number of benzene rings is 2. The molecular formula is C20H14N2O4. The van der Waals surface area contributed by atoms with E-state index in [0.717, 1.165) is 0 Å². The lowest BCUT2D eigenvalue weighted by Crippen LogP contribution is -2.11. The molecule has 0 fully saturated rings. The first-order valence-electron chi connectivity index (χ1n) is 7.88. The number of ether oxygens (including phenoxy) is 1. The van der Waals surface area contributed by atoms with E-state index >= 15 is 0 Å². The lowest BCUT2D eigenvalue weighted by molar-refractivity contribution is 0.102. The van der Waals surface area contributed by atoms with Crippen molar-refractivity contribution in [3.8, 4) is 17.2 Å². The van der Waals surface area contributed by atoms with Crippen molar-refractivity contribution >= 4 is 22.6 Å². The molecule has 2 aromatic heterocycles. The fourth-order valence-electron chi connectivity index (χ4n) is 2.54. The van der Waals surface area contributed by atoms with Gasteiger partial charge in [-0.05, 0) is 48.5 Å². The highest BCUT2D eigenvalue weighted by atomic mass is 16.5. The number of phenols is 1. The third-order valence-corrected chi connectivity index (χ3v) is 3.80. The molecule has 0 saturated heterocycles. The second-order valence-electron chi connectivity index (χ2n) is 5.59. The third kappa shape index (κ3) is 3.21. The molecule has 0 radical (unpaired) electrons. The zero-order valence-corrected chi connectivity index (χ0v) is 13.5. The standard InChI is InChI=1S/C20H14N2O4/c23-14-3-6-17-18(12-25-19(17)11-14)20(24)22-13-1-4-15(5-2-13)26-16-7-9-21-10-8-16/h1-12,23H,(H,22,24). The Morgan fingerprint density at radius 1 is 1.00 bits per heavy atom. The Kier molecular flexibility index (Phi) is 3.99. The molecule has 4 aromatic rings. The minimum absolute atomic E-state index is 0.0867. The largest absolute Gasteiger partial charge is 0.508 e. The molecule has 2 N–H and O–H groups in total. The summed E-state index contributed by atoms with van der Waals surface area (Å²) in [7, 11) is 0. The first kappa shape index (κ1) is 15.7. The quantitative estimate of drug-likeness (QED) is 0.565. The average Bonchev–Trinajstić information content (AvgIpc) is 3.07. The highest BCUT2D eigenvalue weighted by Crippen LogP contribution is 2.26. The number of hydrogen-bond donors (Lipinski definition) is 2. The summed E-state index contributed by atoms with van der Waals surface area (Å²) in [6, 6.07) is 15.2. The van der Waals surface area contributed by atoms with Crippen LogP contribution in [0.15, 0.2) is 77.7 Å². The van der Waals surface area contributed by atoms with E-state index < -0.39 is 0 Å². The van der Waals surface area contributed by atoms with Crippen molar-refractivity contribution in [1.29, 1.82) is 0 Å². The predicted octanol–water partition coefficient (Wildman–Crippen LogP) is 4.58. The maximum absolute atomic E-state index is 12.5. The van der Waals surface area contributed by atoms with Crippen molar-refractivity contribution in [3.63, 3.8) is 0 Å². The van der Waals surface area contributed by atoms with Gasteiger partial charge < -0.3 is 19.6 Å². The number of fused-ring (bicyclic) bond motifs is 1. The fraction of sp³-hybridized carbons (Fsp3) is 0. The molecule has 0 aliphatic carbocycles. The molecule has 1 amide bonds. The van der Waals surface area contributed by atoms with Gasteiger partial charge in [0.2, 0.25) is 0 Å². The van der Waals surface area contributed by atoms with Gasteiger partial charge in [0.25, 0.3) is 5.91 Å². The van der Waals surface area contributed by atoms with Crippen molar-refractivity contribution < 1.29 is 19.1 Å². The summed E-state index contributed by atoms with van der Waals surface area (Å²) in [5.41, 5.74) is 1.48. The zero-order valence-electron chi connectivity index (χ0n) is 13.5. The molecule has 26 heavy (non-hydrogen) atoms. The number of hydrogen-bond acceptors (Lipinski definition) is 5. The van der Waals surface area contributed by atoms with Crippen LogP contribution in [0.5, 0.6) is 17.2 Å². The number of aromatic hydroxyl groups is 1. The molecule has 6 nitrogen and oxygen atoms in total. The van der Waals surface area contributed by atoms with Crippen LogP contribution in [-0.2, 0) is 0 Å². The first-order chi connectivity index (χ1) is 12.7. The van der Waals surface area contributed by atoms with E-state index in [1.54, 1.807) is 54.9 Å². The number of carbonyl (C=O) groups is 1. The van der Waals surface area contributed by atoms with E-state index in [4.69, 9.17) is 9.15 Å². The number of pyridine rings is 1. The number of nitrogens with zero attached hydrogens (tertiary/aromatic N) is 1. The fourth-order valence-corrected chi connectivity index (χ4v) is 2.54. The Morgan fingerprint density at radius 2 is 1.73 bits per heavy atom. The maximum Gasteiger partial charge on any atom is 0.259 e. The van der Waals surface area contributed by atoms with E-state index in [-0.39, 0.29) is 11.7 Å². The lowest BCUT2D eigenvalue weighted by Gasteiger charge is -2.07. The van der Waals surface area contributed by atoms with Crippen molar-refractivity contribution in [2.45, 2.75) is 0 Å². The Bertz CT molecular complexity index is 1060. The number of carbonyl (C=O) groups excluding carboxylic acids is 1. The minimum atomic E-state index is -0.294. The van der Waals surface area contributed by atoms with Crippen LogP contribution in [0.3, 0.4) is 0 Å². The van der Waals surface area contributed by atoms with Crippen molar-refractivity contribution in [2.75, 3.05) is 5.32 Å². The normalized spacial score (nSPS) is 10.6. The SMILES string of the molecule is O=C(Nc1ccc(Oc2ccncc2)cc1)c1coc2cc(O)ccc12. The highest BCUT2D eigenvalue weighted by molar-refractivity contribution is 6.12. The van der Waals surface area contributed by atoms with E-state index in [2.05, 4.69) is 10.3 Å². The van der Waals surface area contributed by atoms with E-state index in [1.165, 1.54) is 18.4 Å². The molecule has 4 rings (SSSR count). The van der Waals surface area contributed by atoms with Gasteiger partial charge in [-0.25, -0.2) is 0 Å². The lowest BCUT2D eigenvalue weighted by atomic mass is 10.1. The average molecular weight is 346 g/mol. The van der Waals surface area contributed by atoms with Crippen LogP contribution in [0.4, 0.5) is 5.69 Å². The number of rotatable bonds is 4. The van der Waals surface area contributed by atoms with Crippen LogP contribution < -0.4 is 10.1 Å². The number of anilines is 1. The number of amides is 1. The number of phenolic OH excluding ortho intramolecular Hbond substituents is 1. The van der Waals surface area contributed by atoms with Crippen LogP contribution >= 0.6 is 0 Å². The minimum Gasteiger partial charge on any atom is -0.508 e. The Labute approximate surface area is 148 Å². The molecule has 2 aromatic carbocycles. The van der Waals surface area contributed by atoms with E-state index in [0.29, 0.717) is 33.7 Å². The third-order valence-electron chi connectivity index (χ3n) is 3.80. The monoisotopic (exact) mass is 346 g/mol. The van der Waals surface area contributed by atoms with Gasteiger partial charge in [0, 0.05) is 29.5 Å². The molecule has 128 valence electrons. The Hall–Kier alpha value is -3.80. The van der Waals surface area contributed by atoms with Gasteiger partial charge in [0.15, 0.2) is 0 Å². The van der Waals surface area contributed by atoms with Crippen LogP contribution in [-0.4, -0.2) is 16.0 Å². The Morgan fingerprint density at radius 3 is 2.50 bits per heavy atom. The molecule has 0 unspecified atom stereocenters. The summed E-state index contributed by atoms with van der Waals surface area (Å²) in [6.07, 6.45) is 4.68. The van der Waals surface area contributed by atoms with Crippen LogP contribution in [0.1, 0.15) is 10.4 Å². The zero-order chi connectivity index (χ0) is 17.9. The van der Waals surface area contributed by atoms with Crippen LogP contribution in [0.25, 0.3) is 11.0 Å². The number of aromatic nitrogens is 1. The van der Waals surface area contributed by atoms with Gasteiger partial charge in [-0.2, -0.15) is 0 Å². The summed E-state index contributed by atoms with van der Waals surface area (Å²) in [4.78, 5) is 16.4. The molecule has 0 aliphatic heterocycles. The summed E-state index contributed by atoms with van der Waals surface area (Å²) < 4.78 is 11.0. The number of nitrogens with one attached hydrogen (secondary N) is 1. The summed E-state index contributed by atoms with van der Waals surface area (Å²) >= 11 is 0. The van der Waals surface area contributed by atoms with E-state index in [9.17, 15) is 9.90 Å². The topological polar surface area (TPSA) is 84.6 Å². The van der Waals surface area contributed by atoms with Gasteiger partial charge in [0.05, 0.1) is 5.56 Å². The van der Waals surface area contributed by atoms with Crippen LogP contribution in [0.2, 0.25) is 0 Å². The first-order valence-corrected chi connectivity index (χ1v) is 7.88. The summed E-state index contributed by atoms with van der Waals surface area (Å²) in [5.74, 6) is 1.13.